The van der Waals surface area contributed by atoms with Crippen LogP contribution in [0.2, 0.25) is 0 Å². The largest absolute Gasteiger partial charge is 0.466 e. The molecular formula is C13H12F2O2. The van der Waals surface area contributed by atoms with Gasteiger partial charge in [-0.25, -0.2) is 8.78 Å². The minimum atomic E-state index is -0.971. The molecule has 0 aliphatic heterocycles. The molecular weight excluding hydrogens is 226 g/mol. The van der Waals surface area contributed by atoms with E-state index in [0.717, 1.165) is 11.6 Å². The van der Waals surface area contributed by atoms with E-state index in [-0.39, 0.29) is 12.0 Å². The Kier molecular flexibility index (Phi) is 3.24. The summed E-state index contributed by atoms with van der Waals surface area (Å²) in [6.45, 7) is 1.78. The minimum absolute atomic E-state index is 0.0159. The first-order valence-corrected chi connectivity index (χ1v) is 5.24. The third-order valence-corrected chi connectivity index (χ3v) is 2.65. The van der Waals surface area contributed by atoms with Gasteiger partial charge in [0.2, 0.25) is 0 Å². The average Bonchev–Trinajstić information content (AvgIpc) is 2.71. The summed E-state index contributed by atoms with van der Waals surface area (Å²) in [6, 6.07) is 5.61. The van der Waals surface area contributed by atoms with Gasteiger partial charge >= 0.3 is 0 Å². The van der Waals surface area contributed by atoms with Crippen molar-refractivity contribution < 1.29 is 18.3 Å². The van der Waals surface area contributed by atoms with Crippen molar-refractivity contribution in [2.24, 2.45) is 0 Å². The number of aliphatic hydroxyl groups excluding tert-OH is 1. The van der Waals surface area contributed by atoms with E-state index in [0.29, 0.717) is 5.76 Å². The normalized spacial score (nSPS) is 12.7. The molecule has 1 atom stereocenters. The van der Waals surface area contributed by atoms with E-state index >= 15 is 0 Å². The van der Waals surface area contributed by atoms with E-state index in [9.17, 15) is 13.9 Å². The maximum absolute atomic E-state index is 13.4. The second-order valence-electron chi connectivity index (χ2n) is 3.90. The second-order valence-corrected chi connectivity index (χ2v) is 3.90. The Morgan fingerprint density at radius 1 is 1.29 bits per heavy atom. The van der Waals surface area contributed by atoms with E-state index in [1.807, 2.05) is 0 Å². The topological polar surface area (TPSA) is 33.4 Å². The van der Waals surface area contributed by atoms with Gasteiger partial charge in [-0.05, 0) is 30.2 Å². The minimum Gasteiger partial charge on any atom is -0.466 e. The lowest BCUT2D eigenvalue weighted by atomic mass is 10.0. The van der Waals surface area contributed by atoms with Gasteiger partial charge in [0, 0.05) is 6.42 Å². The standard InChI is InChI=1S/C13H12F2O2/c1-8-5-6-17-13(8)11(16)7-9-3-2-4-10(14)12(9)15/h2-6,11,16H,7H2,1H3. The number of hydrogen-bond donors (Lipinski definition) is 1. The zero-order valence-corrected chi connectivity index (χ0v) is 9.28. The van der Waals surface area contributed by atoms with Crippen molar-refractivity contribution in [1.82, 2.24) is 0 Å². The molecule has 2 aromatic rings. The molecule has 0 aliphatic carbocycles. The van der Waals surface area contributed by atoms with Crippen LogP contribution in [-0.2, 0) is 6.42 Å². The van der Waals surface area contributed by atoms with Crippen LogP contribution < -0.4 is 0 Å². The summed E-state index contributed by atoms with van der Waals surface area (Å²) in [7, 11) is 0. The van der Waals surface area contributed by atoms with Crippen molar-refractivity contribution in [2.45, 2.75) is 19.4 Å². The molecule has 1 aromatic heterocycles. The first-order chi connectivity index (χ1) is 8.09. The molecule has 1 heterocycles. The molecule has 0 radical (unpaired) electrons. The van der Waals surface area contributed by atoms with E-state index in [1.54, 1.807) is 13.0 Å². The van der Waals surface area contributed by atoms with Gasteiger partial charge in [0.15, 0.2) is 11.6 Å². The van der Waals surface area contributed by atoms with Gasteiger partial charge in [-0.1, -0.05) is 12.1 Å². The zero-order valence-electron chi connectivity index (χ0n) is 9.28. The molecule has 0 fully saturated rings. The monoisotopic (exact) mass is 238 g/mol. The number of rotatable bonds is 3. The molecule has 0 bridgehead atoms. The third-order valence-electron chi connectivity index (χ3n) is 2.65. The maximum Gasteiger partial charge on any atom is 0.162 e. The molecule has 2 nitrogen and oxygen atoms in total. The Morgan fingerprint density at radius 3 is 2.71 bits per heavy atom. The molecule has 1 aromatic carbocycles. The van der Waals surface area contributed by atoms with Crippen molar-refractivity contribution in [3.05, 3.63) is 59.1 Å². The molecule has 0 spiro atoms. The van der Waals surface area contributed by atoms with Crippen LogP contribution >= 0.6 is 0 Å². The molecule has 17 heavy (non-hydrogen) atoms. The van der Waals surface area contributed by atoms with Crippen LogP contribution in [0.3, 0.4) is 0 Å². The smallest absolute Gasteiger partial charge is 0.162 e. The van der Waals surface area contributed by atoms with Crippen LogP contribution in [-0.4, -0.2) is 5.11 Å². The van der Waals surface area contributed by atoms with Crippen LogP contribution in [0.4, 0.5) is 8.78 Å². The molecule has 4 heteroatoms. The Labute approximate surface area is 97.5 Å². The van der Waals surface area contributed by atoms with Crippen LogP contribution in [0, 0.1) is 18.6 Å². The fourth-order valence-corrected chi connectivity index (χ4v) is 1.73. The second kappa shape index (κ2) is 4.67. The van der Waals surface area contributed by atoms with E-state index in [2.05, 4.69) is 0 Å². The summed E-state index contributed by atoms with van der Waals surface area (Å²) >= 11 is 0. The lowest BCUT2D eigenvalue weighted by Crippen LogP contribution is -2.04. The molecule has 0 saturated heterocycles. The van der Waals surface area contributed by atoms with Gasteiger partial charge < -0.3 is 9.52 Å². The quantitative estimate of drug-likeness (QED) is 0.891. The molecule has 90 valence electrons. The zero-order chi connectivity index (χ0) is 12.4. The van der Waals surface area contributed by atoms with Crippen LogP contribution in [0.1, 0.15) is 23.0 Å². The van der Waals surface area contributed by atoms with Gasteiger partial charge in [-0.3, -0.25) is 0 Å². The van der Waals surface area contributed by atoms with Gasteiger partial charge in [-0.15, -0.1) is 0 Å². The predicted molar refractivity (Wildman–Crippen MR) is 58.5 cm³/mol. The third kappa shape index (κ3) is 2.36. The summed E-state index contributed by atoms with van der Waals surface area (Å²) in [5, 5.41) is 9.88. The maximum atomic E-state index is 13.4. The summed E-state index contributed by atoms with van der Waals surface area (Å²) in [5.41, 5.74) is 0.919. The summed E-state index contributed by atoms with van der Waals surface area (Å²) in [6.07, 6.45) is 0.467. The molecule has 2 rings (SSSR count). The van der Waals surface area contributed by atoms with E-state index < -0.39 is 17.7 Å². The van der Waals surface area contributed by atoms with Crippen LogP contribution in [0.25, 0.3) is 0 Å². The van der Waals surface area contributed by atoms with Gasteiger partial charge in [0.1, 0.15) is 11.9 Å². The number of furan rings is 1. The van der Waals surface area contributed by atoms with Gasteiger partial charge in [0.05, 0.1) is 6.26 Å². The first kappa shape index (κ1) is 11.8. The van der Waals surface area contributed by atoms with Crippen molar-refractivity contribution in [1.29, 1.82) is 0 Å². The van der Waals surface area contributed by atoms with Crippen molar-refractivity contribution in [3.8, 4) is 0 Å². The van der Waals surface area contributed by atoms with Crippen LogP contribution in [0.15, 0.2) is 34.9 Å². The van der Waals surface area contributed by atoms with Gasteiger partial charge in [-0.2, -0.15) is 0 Å². The number of benzene rings is 1. The SMILES string of the molecule is Cc1ccoc1C(O)Cc1cccc(F)c1F. The van der Waals surface area contributed by atoms with Crippen molar-refractivity contribution in [3.63, 3.8) is 0 Å². The number of aliphatic hydroxyl groups is 1. The molecule has 0 amide bonds. The lowest BCUT2D eigenvalue weighted by Gasteiger charge is -2.10. The van der Waals surface area contributed by atoms with Crippen molar-refractivity contribution in [2.75, 3.05) is 0 Å². The van der Waals surface area contributed by atoms with Crippen LogP contribution in [0.5, 0.6) is 0 Å². The Hall–Kier alpha value is -1.68. The summed E-state index contributed by atoms with van der Waals surface area (Å²) < 4.78 is 31.5. The molecule has 1 unspecified atom stereocenters. The first-order valence-electron chi connectivity index (χ1n) is 5.24. The highest BCUT2D eigenvalue weighted by Crippen LogP contribution is 2.24. The predicted octanol–water partition coefficient (Wildman–Crippen LogP) is 3.14. The number of halogens is 2. The molecule has 0 saturated carbocycles. The fraction of sp³-hybridized carbons (Fsp3) is 0.231. The van der Waals surface area contributed by atoms with Gasteiger partial charge in [0.25, 0.3) is 0 Å². The Morgan fingerprint density at radius 2 is 2.06 bits per heavy atom. The van der Waals surface area contributed by atoms with E-state index in [1.165, 1.54) is 18.4 Å². The Balaban J connectivity index is 2.22. The van der Waals surface area contributed by atoms with Crippen molar-refractivity contribution >= 4 is 0 Å². The lowest BCUT2D eigenvalue weighted by molar-refractivity contribution is 0.148. The molecule has 0 aliphatic rings. The summed E-state index contributed by atoms with van der Waals surface area (Å²) in [4.78, 5) is 0. The highest BCUT2D eigenvalue weighted by Gasteiger charge is 2.17. The van der Waals surface area contributed by atoms with E-state index in [4.69, 9.17) is 4.42 Å². The average molecular weight is 238 g/mol. The highest BCUT2D eigenvalue weighted by atomic mass is 19.2. The Bertz CT molecular complexity index is 520. The number of aryl methyl sites for hydroxylation is 1. The summed E-state index contributed by atoms with van der Waals surface area (Å²) in [5.74, 6) is -1.45. The number of hydrogen-bond acceptors (Lipinski definition) is 2. The highest BCUT2D eigenvalue weighted by molar-refractivity contribution is 5.23. The fourth-order valence-electron chi connectivity index (χ4n) is 1.73. The molecule has 1 N–H and O–H groups in total.